The summed E-state index contributed by atoms with van der Waals surface area (Å²) in [6, 6.07) is 16.3. The summed E-state index contributed by atoms with van der Waals surface area (Å²) in [6.45, 7) is 3.98. The number of nitrogens with zero attached hydrogens (tertiary/aromatic N) is 2. The Balaban J connectivity index is 1.77. The lowest BCUT2D eigenvalue weighted by Crippen LogP contribution is -2.19. The second kappa shape index (κ2) is 7.75. The Hall–Kier alpha value is -3.59. The van der Waals surface area contributed by atoms with E-state index >= 15 is 0 Å². The molecule has 1 N–H and O–H groups in total. The summed E-state index contributed by atoms with van der Waals surface area (Å²) in [5.74, 6) is -0.610. The second-order valence-electron chi connectivity index (χ2n) is 6.02. The smallest absolute Gasteiger partial charge is 0.338 e. The number of ether oxygens (including phenoxy) is 1. The minimum Gasteiger partial charge on any atom is -0.462 e. The molecule has 0 aliphatic carbocycles. The first kappa shape index (κ1) is 18.2. The number of fused-ring (bicyclic) bond motifs is 1. The van der Waals surface area contributed by atoms with Crippen molar-refractivity contribution in [2.45, 2.75) is 20.4 Å². The molecule has 1 heterocycles. The van der Waals surface area contributed by atoms with Crippen LogP contribution >= 0.6 is 0 Å². The molecule has 1 aromatic heterocycles. The molecular weight excluding hydrogens is 342 g/mol. The molecule has 136 valence electrons. The van der Waals surface area contributed by atoms with Crippen molar-refractivity contribution in [2.24, 2.45) is 0 Å². The molecule has 0 fully saturated rings. The molecule has 0 unspecified atom stereocenters. The van der Waals surface area contributed by atoms with Gasteiger partial charge in [0.1, 0.15) is 12.6 Å². The largest absolute Gasteiger partial charge is 0.462 e. The van der Waals surface area contributed by atoms with Crippen LogP contribution in [0.5, 0.6) is 0 Å². The van der Waals surface area contributed by atoms with Crippen molar-refractivity contribution in [3.63, 3.8) is 0 Å². The summed E-state index contributed by atoms with van der Waals surface area (Å²) in [4.78, 5) is 24.2. The van der Waals surface area contributed by atoms with E-state index in [0.29, 0.717) is 23.4 Å². The Kier molecular flexibility index (Phi) is 5.23. The number of hydrogen-bond donors (Lipinski definition) is 1. The van der Waals surface area contributed by atoms with Gasteiger partial charge in [-0.25, -0.2) is 4.79 Å². The number of amides is 1. The van der Waals surface area contributed by atoms with Crippen LogP contribution in [0.25, 0.3) is 10.9 Å². The first-order valence-electron chi connectivity index (χ1n) is 8.60. The van der Waals surface area contributed by atoms with Gasteiger partial charge in [-0.1, -0.05) is 18.2 Å². The molecule has 0 bridgehead atoms. The number of hydrogen-bond acceptors (Lipinski definition) is 4. The molecule has 0 atom stereocenters. The van der Waals surface area contributed by atoms with Gasteiger partial charge in [0.05, 0.1) is 23.3 Å². The molecule has 3 aromatic rings. The average Bonchev–Trinajstić information content (AvgIpc) is 2.93. The molecular formula is C21H19N3O3. The van der Waals surface area contributed by atoms with E-state index in [0.717, 1.165) is 16.6 Å². The van der Waals surface area contributed by atoms with Crippen LogP contribution < -0.4 is 5.32 Å². The highest BCUT2D eigenvalue weighted by atomic mass is 16.5. The molecule has 0 aliphatic heterocycles. The third kappa shape index (κ3) is 3.67. The number of benzene rings is 2. The number of nitriles is 1. The van der Waals surface area contributed by atoms with Crippen LogP contribution in [0.2, 0.25) is 0 Å². The van der Waals surface area contributed by atoms with E-state index in [9.17, 15) is 14.9 Å². The number of rotatable bonds is 5. The number of para-hydroxylation sites is 1. The Morgan fingerprint density at radius 2 is 1.85 bits per heavy atom. The van der Waals surface area contributed by atoms with E-state index in [1.54, 1.807) is 31.2 Å². The van der Waals surface area contributed by atoms with Gasteiger partial charge in [0.25, 0.3) is 0 Å². The predicted octanol–water partition coefficient (Wildman–Crippen LogP) is 3.64. The number of anilines is 1. The van der Waals surface area contributed by atoms with Crippen molar-refractivity contribution in [1.29, 1.82) is 5.26 Å². The lowest BCUT2D eigenvalue weighted by molar-refractivity contribution is -0.116. The highest BCUT2D eigenvalue weighted by Crippen LogP contribution is 2.25. The fraction of sp³-hybridized carbons (Fsp3) is 0.190. The van der Waals surface area contributed by atoms with E-state index in [1.165, 1.54) is 0 Å². The van der Waals surface area contributed by atoms with E-state index in [2.05, 4.69) is 11.4 Å². The average molecular weight is 361 g/mol. The Bertz CT molecular complexity index is 1040. The highest BCUT2D eigenvalue weighted by molar-refractivity contribution is 5.95. The van der Waals surface area contributed by atoms with Gasteiger partial charge in [0.15, 0.2) is 0 Å². The van der Waals surface area contributed by atoms with Gasteiger partial charge in [-0.3, -0.25) is 4.79 Å². The zero-order chi connectivity index (χ0) is 19.4. The lowest BCUT2D eigenvalue weighted by Gasteiger charge is -2.10. The first-order valence-corrected chi connectivity index (χ1v) is 8.60. The second-order valence-corrected chi connectivity index (χ2v) is 6.02. The molecule has 0 radical (unpaired) electrons. The van der Waals surface area contributed by atoms with Gasteiger partial charge in [-0.15, -0.1) is 0 Å². The number of nitrogens with one attached hydrogen (secondary N) is 1. The summed E-state index contributed by atoms with van der Waals surface area (Å²) in [5.41, 5.74) is 3.20. The molecule has 6 nitrogen and oxygen atoms in total. The monoisotopic (exact) mass is 361 g/mol. The fourth-order valence-corrected chi connectivity index (χ4v) is 3.02. The number of carbonyl (C=O) groups excluding carboxylic acids is 2. The van der Waals surface area contributed by atoms with Crippen LogP contribution in [0, 0.1) is 18.3 Å². The number of aromatic nitrogens is 1. The van der Waals surface area contributed by atoms with Crippen LogP contribution in [0.1, 0.15) is 28.5 Å². The van der Waals surface area contributed by atoms with E-state index in [-0.39, 0.29) is 12.5 Å². The van der Waals surface area contributed by atoms with Crippen LogP contribution in [0.4, 0.5) is 5.69 Å². The maximum Gasteiger partial charge on any atom is 0.338 e. The van der Waals surface area contributed by atoms with Crippen molar-refractivity contribution in [2.75, 3.05) is 11.9 Å². The molecule has 1 amide bonds. The normalized spacial score (nSPS) is 10.4. The van der Waals surface area contributed by atoms with Crippen molar-refractivity contribution < 1.29 is 14.3 Å². The van der Waals surface area contributed by atoms with E-state index < -0.39 is 5.97 Å². The molecule has 2 aromatic carbocycles. The summed E-state index contributed by atoms with van der Waals surface area (Å²) >= 11 is 0. The Morgan fingerprint density at radius 1 is 1.15 bits per heavy atom. The third-order valence-corrected chi connectivity index (χ3v) is 4.32. The predicted molar refractivity (Wildman–Crippen MR) is 102 cm³/mol. The van der Waals surface area contributed by atoms with Gasteiger partial charge in [-0.05, 0) is 44.2 Å². The standard InChI is InChI=1S/C21H19N3O3/c1-3-27-21(26)15-8-10-16(11-9-15)23-20(25)13-24-14(2)18(12-22)17-6-4-5-7-19(17)24/h4-11H,3,13H2,1-2H3,(H,23,25). The van der Waals surface area contributed by atoms with Crippen molar-refractivity contribution in [3.05, 3.63) is 65.4 Å². The van der Waals surface area contributed by atoms with Crippen molar-refractivity contribution >= 4 is 28.5 Å². The molecule has 0 spiro atoms. The lowest BCUT2D eigenvalue weighted by atomic mass is 10.1. The SMILES string of the molecule is CCOC(=O)c1ccc(NC(=O)Cn2c(C)c(C#N)c3ccccc32)cc1. The minimum atomic E-state index is -0.395. The summed E-state index contributed by atoms with van der Waals surface area (Å²) in [5, 5.41) is 13.1. The van der Waals surface area contributed by atoms with Crippen LogP contribution in [-0.2, 0) is 16.1 Å². The molecule has 0 saturated carbocycles. The van der Waals surface area contributed by atoms with E-state index in [4.69, 9.17) is 4.74 Å². The Labute approximate surface area is 157 Å². The summed E-state index contributed by atoms with van der Waals surface area (Å²) in [6.07, 6.45) is 0. The minimum absolute atomic E-state index is 0.0909. The van der Waals surface area contributed by atoms with Crippen molar-refractivity contribution in [3.8, 4) is 6.07 Å². The topological polar surface area (TPSA) is 84.1 Å². The molecule has 0 saturated heterocycles. The van der Waals surface area contributed by atoms with Gasteiger partial charge in [0.2, 0.25) is 5.91 Å². The van der Waals surface area contributed by atoms with Crippen molar-refractivity contribution in [1.82, 2.24) is 4.57 Å². The summed E-state index contributed by atoms with van der Waals surface area (Å²) < 4.78 is 6.77. The number of esters is 1. The molecule has 27 heavy (non-hydrogen) atoms. The fourth-order valence-electron chi connectivity index (χ4n) is 3.02. The highest BCUT2D eigenvalue weighted by Gasteiger charge is 2.15. The zero-order valence-electron chi connectivity index (χ0n) is 15.2. The van der Waals surface area contributed by atoms with Gasteiger partial charge < -0.3 is 14.6 Å². The molecule has 3 rings (SSSR count). The van der Waals surface area contributed by atoms with Gasteiger partial charge in [0, 0.05) is 16.8 Å². The Morgan fingerprint density at radius 3 is 2.52 bits per heavy atom. The maximum atomic E-state index is 12.5. The van der Waals surface area contributed by atoms with Gasteiger partial charge in [-0.2, -0.15) is 5.26 Å². The van der Waals surface area contributed by atoms with E-state index in [1.807, 2.05) is 35.8 Å². The molecule has 6 heteroatoms. The third-order valence-electron chi connectivity index (χ3n) is 4.32. The maximum absolute atomic E-state index is 12.5. The number of carbonyl (C=O) groups is 2. The summed E-state index contributed by atoms with van der Waals surface area (Å²) in [7, 11) is 0. The quantitative estimate of drug-likeness (QED) is 0.703. The zero-order valence-corrected chi connectivity index (χ0v) is 15.2. The van der Waals surface area contributed by atoms with Crippen LogP contribution in [0.3, 0.4) is 0 Å². The first-order chi connectivity index (χ1) is 13.0. The van der Waals surface area contributed by atoms with Crippen LogP contribution in [0.15, 0.2) is 48.5 Å². The van der Waals surface area contributed by atoms with Gasteiger partial charge >= 0.3 is 5.97 Å². The van der Waals surface area contributed by atoms with Crippen LogP contribution in [-0.4, -0.2) is 23.1 Å². The molecule has 0 aliphatic rings.